The number of aryl methyl sites for hydroxylation is 1. The van der Waals surface area contributed by atoms with Gasteiger partial charge in [-0.2, -0.15) is 0 Å². The van der Waals surface area contributed by atoms with Crippen molar-refractivity contribution in [3.63, 3.8) is 0 Å². The molecule has 3 N–H and O–H groups in total. The fraction of sp³-hybridized carbons (Fsp3) is 0.565. The lowest BCUT2D eigenvalue weighted by molar-refractivity contribution is -0.146. The van der Waals surface area contributed by atoms with Gasteiger partial charge in [-0.1, -0.05) is 20.8 Å². The van der Waals surface area contributed by atoms with Gasteiger partial charge in [-0.05, 0) is 25.3 Å². The molecule has 12 heteroatoms. The van der Waals surface area contributed by atoms with Crippen molar-refractivity contribution in [1.29, 1.82) is 0 Å². The van der Waals surface area contributed by atoms with E-state index in [4.69, 9.17) is 0 Å². The van der Waals surface area contributed by atoms with E-state index in [2.05, 4.69) is 30.1 Å². The van der Waals surface area contributed by atoms with Crippen LogP contribution >= 0.6 is 0 Å². The zero-order valence-electron chi connectivity index (χ0n) is 20.7. The highest BCUT2D eigenvalue weighted by Crippen LogP contribution is 2.32. The number of amides is 2. The maximum absolute atomic E-state index is 12.3. The lowest BCUT2D eigenvalue weighted by Crippen LogP contribution is -2.41. The molecule has 0 aromatic rings. The van der Waals surface area contributed by atoms with E-state index in [-0.39, 0.29) is 37.0 Å². The van der Waals surface area contributed by atoms with Gasteiger partial charge in [0.25, 0.3) is 0 Å². The van der Waals surface area contributed by atoms with Crippen LogP contribution in [0.3, 0.4) is 0 Å². The summed E-state index contributed by atoms with van der Waals surface area (Å²) in [6, 6.07) is 0.626. The first-order valence-corrected chi connectivity index (χ1v) is 11.3. The summed E-state index contributed by atoms with van der Waals surface area (Å²) in [6.45, 7) is 5.74. The molecule has 0 radical (unpaired) electrons. The summed E-state index contributed by atoms with van der Waals surface area (Å²) in [4.78, 5) is 56.1. The first kappa shape index (κ1) is 27.5. The molecule has 2 rings (SSSR count). The van der Waals surface area contributed by atoms with Crippen LogP contribution in [0, 0.1) is 5.41 Å². The van der Waals surface area contributed by atoms with Crippen molar-refractivity contribution in [2.75, 3.05) is 19.5 Å². The fourth-order valence-corrected chi connectivity index (χ4v) is 3.13. The quantitative estimate of drug-likeness (QED) is 0.314. The third-order valence-electron chi connectivity index (χ3n) is 5.24. The number of fused-ring (bicyclic) bond motifs is 1. The molecule has 192 valence electrons. The Hall–Kier alpha value is -3.70. The molecule has 35 heavy (non-hydrogen) atoms. The Morgan fingerprint density at radius 3 is 2.46 bits per heavy atom. The molecule has 0 saturated carbocycles. The second-order valence-corrected chi connectivity index (χ2v) is 9.06. The monoisotopic (exact) mass is 491 g/mol. The standard InChI is InChI=1S/C23H33N5O7/c1-23(2,3)22(33)27-16-12-14-19(26-16)24-13-28(20(14)31)11-7-6-8-17(29)25-15(21(32)35-5)9-10-18(30)34-4/h12-13,15,31H,6-11H2,1-5H3,(H,25,29)(H,27,33)/t15-/m0/s1. The summed E-state index contributed by atoms with van der Waals surface area (Å²) in [5, 5.41) is 15.9. The zero-order chi connectivity index (χ0) is 26.2. The van der Waals surface area contributed by atoms with Gasteiger partial charge in [-0.3, -0.25) is 14.4 Å². The number of ether oxygens (including phenoxy) is 2. The van der Waals surface area contributed by atoms with Gasteiger partial charge in [0.05, 0.1) is 26.1 Å². The van der Waals surface area contributed by atoms with Crippen LogP contribution in [-0.4, -0.2) is 63.7 Å². The number of aromatic nitrogens is 3. The number of carbonyl (C=O) groups excluding carboxylic acids is 4. The van der Waals surface area contributed by atoms with Crippen molar-refractivity contribution >= 4 is 29.6 Å². The largest absolute Gasteiger partial charge is 0.494 e. The van der Waals surface area contributed by atoms with E-state index in [0.29, 0.717) is 36.6 Å². The van der Waals surface area contributed by atoms with Crippen molar-refractivity contribution in [3.05, 3.63) is 12.4 Å². The Balaban J connectivity index is 1.89. The summed E-state index contributed by atoms with van der Waals surface area (Å²) in [7, 11) is 2.45. The average Bonchev–Trinajstić information content (AvgIpc) is 3.22. The summed E-state index contributed by atoms with van der Waals surface area (Å²) < 4.78 is 10.8. The van der Waals surface area contributed by atoms with E-state index in [1.807, 2.05) is 0 Å². The van der Waals surface area contributed by atoms with Crippen LogP contribution in [0.2, 0.25) is 0 Å². The predicted molar refractivity (Wildman–Crippen MR) is 125 cm³/mol. The van der Waals surface area contributed by atoms with Crippen LogP contribution in [0.4, 0.5) is 5.82 Å². The van der Waals surface area contributed by atoms with E-state index in [1.54, 1.807) is 26.8 Å². The molecule has 0 fully saturated rings. The molecule has 2 aliphatic rings. The minimum absolute atomic E-state index is 0.0277. The number of aromatic hydroxyl groups is 1. The highest BCUT2D eigenvalue weighted by atomic mass is 16.5. The van der Waals surface area contributed by atoms with Gasteiger partial charge in [0.1, 0.15) is 11.9 Å². The van der Waals surface area contributed by atoms with Crippen molar-refractivity contribution in [1.82, 2.24) is 19.9 Å². The van der Waals surface area contributed by atoms with Crippen molar-refractivity contribution in [2.45, 2.75) is 65.5 Å². The molecule has 0 aromatic heterocycles. The van der Waals surface area contributed by atoms with Crippen LogP contribution in [-0.2, 0) is 35.2 Å². The van der Waals surface area contributed by atoms with E-state index in [0.717, 1.165) is 0 Å². The number of methoxy groups -OCH3 is 2. The Bertz CT molecular complexity index is 1030. The number of carbonyl (C=O) groups is 4. The molecular formula is C23H33N5O7. The molecule has 2 heterocycles. The third-order valence-corrected chi connectivity index (χ3v) is 5.24. The van der Waals surface area contributed by atoms with Gasteiger partial charge in [0, 0.05) is 24.8 Å². The molecule has 2 amide bonds. The van der Waals surface area contributed by atoms with Gasteiger partial charge in [-0.15, -0.1) is 0 Å². The Kier molecular flexibility index (Phi) is 9.55. The van der Waals surface area contributed by atoms with Crippen LogP contribution in [0.25, 0.3) is 11.4 Å². The highest BCUT2D eigenvalue weighted by Gasteiger charge is 2.25. The number of hydrogen-bond acceptors (Lipinski definition) is 9. The molecule has 1 atom stereocenters. The summed E-state index contributed by atoms with van der Waals surface area (Å²) >= 11 is 0. The molecular weight excluding hydrogens is 458 g/mol. The van der Waals surface area contributed by atoms with Crippen LogP contribution in [0.15, 0.2) is 12.4 Å². The molecule has 0 aliphatic carbocycles. The Morgan fingerprint density at radius 1 is 1.11 bits per heavy atom. The average molecular weight is 492 g/mol. The number of esters is 2. The number of unbranched alkanes of at least 4 members (excludes halogenated alkanes) is 1. The number of nitrogens with one attached hydrogen (secondary N) is 2. The number of nitrogens with zero attached hydrogens (tertiary/aromatic N) is 3. The van der Waals surface area contributed by atoms with Crippen LogP contribution in [0.1, 0.15) is 52.9 Å². The minimum Gasteiger partial charge on any atom is -0.494 e. The van der Waals surface area contributed by atoms with Gasteiger partial charge in [0.15, 0.2) is 5.82 Å². The molecule has 0 unspecified atom stereocenters. The molecule has 0 aromatic carbocycles. The minimum atomic E-state index is -0.936. The summed E-state index contributed by atoms with van der Waals surface area (Å²) in [5.74, 6) is -1.11. The SMILES string of the molecule is COC(=O)CC[C@H](NC(=O)CCCCn1cnc2nc(NC(=O)C(C)(C)C)cc-2c1O)C(=O)OC. The summed E-state index contributed by atoms with van der Waals surface area (Å²) in [5.41, 5.74) is -0.189. The molecule has 12 nitrogen and oxygen atoms in total. The Labute approximate surface area is 203 Å². The second-order valence-electron chi connectivity index (χ2n) is 9.06. The lowest BCUT2D eigenvalue weighted by Gasteiger charge is -2.16. The first-order valence-electron chi connectivity index (χ1n) is 11.3. The topological polar surface area (TPSA) is 162 Å². The normalized spacial score (nSPS) is 12.1. The molecule has 0 saturated heterocycles. The van der Waals surface area contributed by atoms with Crippen LogP contribution < -0.4 is 10.6 Å². The molecule has 0 spiro atoms. The van der Waals surface area contributed by atoms with Gasteiger partial charge < -0.3 is 29.8 Å². The fourth-order valence-electron chi connectivity index (χ4n) is 3.13. The second kappa shape index (κ2) is 12.1. The maximum Gasteiger partial charge on any atom is 0.328 e. The zero-order valence-corrected chi connectivity index (χ0v) is 20.7. The number of anilines is 1. The maximum atomic E-state index is 12.3. The van der Waals surface area contributed by atoms with E-state index < -0.39 is 23.4 Å². The van der Waals surface area contributed by atoms with Crippen molar-refractivity contribution < 1.29 is 33.8 Å². The van der Waals surface area contributed by atoms with E-state index in [9.17, 15) is 24.3 Å². The highest BCUT2D eigenvalue weighted by molar-refractivity contribution is 5.94. The van der Waals surface area contributed by atoms with Crippen molar-refractivity contribution in [3.8, 4) is 17.3 Å². The third kappa shape index (κ3) is 7.94. The summed E-state index contributed by atoms with van der Waals surface area (Å²) in [6.07, 6.45) is 2.66. The van der Waals surface area contributed by atoms with Gasteiger partial charge >= 0.3 is 11.9 Å². The first-order chi connectivity index (χ1) is 16.5. The van der Waals surface area contributed by atoms with E-state index in [1.165, 1.54) is 25.1 Å². The lowest BCUT2D eigenvalue weighted by atomic mass is 9.96. The number of rotatable bonds is 11. The molecule has 2 aliphatic heterocycles. The molecule has 0 bridgehead atoms. The van der Waals surface area contributed by atoms with Gasteiger partial charge in [-0.25, -0.2) is 14.8 Å². The van der Waals surface area contributed by atoms with Crippen molar-refractivity contribution in [2.24, 2.45) is 5.41 Å². The van der Waals surface area contributed by atoms with Crippen LogP contribution in [0.5, 0.6) is 5.88 Å². The van der Waals surface area contributed by atoms with E-state index >= 15 is 0 Å². The Morgan fingerprint density at radius 2 is 1.83 bits per heavy atom. The van der Waals surface area contributed by atoms with Gasteiger partial charge in [0.2, 0.25) is 17.7 Å². The predicted octanol–water partition coefficient (Wildman–Crippen LogP) is 1.85. The smallest absolute Gasteiger partial charge is 0.328 e. The number of hydrogen-bond donors (Lipinski definition) is 3.